The zero-order chi connectivity index (χ0) is 64.0. The SMILES string of the molecule is COc1ccc([C@@H]2CN(C(C)(C)C)C[C@@]2(F)C(=O)N2CCC(c3ccc(C(F)(F)F)cc3OCCCC(=O)O)CC2)cc1.COc1ccc([C@@H]2CN(C(C)(C)C)C[C@@]2(F)C(=O)N2CCC(c3ccc(C(F)(F)F)cc3OCCCc3nn[nH]n3)CC2)cc1.Cl. The number of amides is 2. The Kier molecular flexibility index (Phi) is 22.4. The van der Waals surface area contributed by atoms with Crippen LogP contribution in [0, 0.1) is 0 Å². The maximum absolute atomic E-state index is 17.1. The van der Waals surface area contributed by atoms with Gasteiger partial charge in [0, 0.05) is 88.1 Å². The lowest BCUT2D eigenvalue weighted by Gasteiger charge is -2.38. The summed E-state index contributed by atoms with van der Waals surface area (Å²) >= 11 is 0. The van der Waals surface area contributed by atoms with E-state index in [0.29, 0.717) is 85.6 Å². The summed E-state index contributed by atoms with van der Waals surface area (Å²) in [4.78, 5) is 45.8. The second kappa shape index (κ2) is 28.6. The monoisotopic (exact) mass is 1280 g/mol. The van der Waals surface area contributed by atoms with Gasteiger partial charge in [-0.15, -0.1) is 22.6 Å². The van der Waals surface area contributed by atoms with E-state index in [0.717, 1.165) is 29.8 Å². The van der Waals surface area contributed by atoms with Crippen LogP contribution in [0.3, 0.4) is 0 Å². The number of halogens is 9. The van der Waals surface area contributed by atoms with Crippen LogP contribution in [0.2, 0.25) is 0 Å². The predicted octanol–water partition coefficient (Wildman–Crippen LogP) is 12.2. The van der Waals surface area contributed by atoms with Gasteiger partial charge in [-0.05, 0) is 163 Å². The van der Waals surface area contributed by atoms with Gasteiger partial charge in [0.05, 0.1) is 38.6 Å². The number of carbonyl (C=O) groups is 3. The molecule has 4 atom stereocenters. The first-order valence-corrected chi connectivity index (χ1v) is 29.8. The van der Waals surface area contributed by atoms with Gasteiger partial charge in [0.25, 0.3) is 11.8 Å². The number of carbonyl (C=O) groups excluding carboxylic acids is 2. The molecule has 2 N–H and O–H groups in total. The van der Waals surface area contributed by atoms with Crippen LogP contribution >= 0.6 is 12.4 Å². The number of alkyl halides is 8. The van der Waals surface area contributed by atoms with Crippen molar-refractivity contribution >= 4 is 30.2 Å². The summed E-state index contributed by atoms with van der Waals surface area (Å²) in [5.74, 6) is -1.81. The molecule has 4 aromatic carbocycles. The number of methoxy groups -OCH3 is 2. The third kappa shape index (κ3) is 16.8. The van der Waals surface area contributed by atoms with Crippen molar-refractivity contribution in [2.24, 2.45) is 0 Å². The molecule has 0 bridgehead atoms. The van der Waals surface area contributed by atoms with E-state index < -0.39 is 64.4 Å². The minimum atomic E-state index is -4.56. The summed E-state index contributed by atoms with van der Waals surface area (Å²) in [5, 5.41) is 22.5. The molecule has 25 heteroatoms. The lowest BCUT2D eigenvalue weighted by Crippen LogP contribution is -2.53. The Balaban J connectivity index is 0.000000251. The molecule has 0 spiro atoms. The molecule has 4 aliphatic rings. The number of benzene rings is 4. The summed E-state index contributed by atoms with van der Waals surface area (Å²) in [5.41, 5.74) is -3.94. The van der Waals surface area contributed by atoms with Gasteiger partial charge < -0.3 is 33.9 Å². The van der Waals surface area contributed by atoms with Crippen molar-refractivity contribution < 1.29 is 73.6 Å². The number of aryl methyl sites for hydroxylation is 1. The van der Waals surface area contributed by atoms with Gasteiger partial charge in [0.15, 0.2) is 5.82 Å². The van der Waals surface area contributed by atoms with Crippen LogP contribution < -0.4 is 18.9 Å². The standard InChI is InChI=1S/C32H40F4N6O3.C32H40F4N2O5.ClH/c1-30(2,3)42-19-26(22-7-10-24(44-4)11-8-22)31(33,20-42)29(43)41-15-13-21(14-16-41)25-12-9-23(32(34,35)36)18-27(25)45-17-5-6-28-37-39-40-38-28;1-30(2,3)38-19-26(22-7-10-24(42-4)11-8-22)31(33,20-38)29(41)37-15-13-21(14-16-37)25-12-9-23(32(34,35)36)18-27(25)43-17-5-6-28(39)40;/h7-12,18,21,26H,5-6,13-17,19-20H2,1-4H3,(H,37,38,39,40);7-12,18,21,26H,5-6,13-17,19-20H2,1-4H3,(H,39,40);1H/t2*26-,31-;/m00./s1. The number of aliphatic carboxylic acids is 1. The van der Waals surface area contributed by atoms with Gasteiger partial charge in [-0.1, -0.05) is 41.6 Å². The molecular formula is C64H81ClF8N8O8. The third-order valence-electron chi connectivity index (χ3n) is 17.5. The fourth-order valence-electron chi connectivity index (χ4n) is 12.3. The van der Waals surface area contributed by atoms with Crippen LogP contribution in [0.15, 0.2) is 84.9 Å². The number of aromatic amines is 1. The highest BCUT2D eigenvalue weighted by Gasteiger charge is 2.58. The topological polar surface area (TPSA) is 176 Å². The molecule has 1 aromatic heterocycles. The highest BCUT2D eigenvalue weighted by molar-refractivity contribution is 5.88. The molecule has 5 heterocycles. The number of aromatic nitrogens is 4. The number of carboxylic acids is 1. The lowest BCUT2D eigenvalue weighted by molar-refractivity contribution is -0.146. The van der Waals surface area contributed by atoms with Crippen molar-refractivity contribution in [1.82, 2.24) is 40.2 Å². The van der Waals surface area contributed by atoms with Gasteiger partial charge in [0.2, 0.25) is 11.3 Å². The highest BCUT2D eigenvalue weighted by Crippen LogP contribution is 2.48. The van der Waals surface area contributed by atoms with Crippen molar-refractivity contribution in [2.45, 2.75) is 151 Å². The second-order valence-electron chi connectivity index (χ2n) is 25.2. The number of H-pyrrole nitrogens is 1. The van der Waals surface area contributed by atoms with Crippen molar-refractivity contribution in [3.63, 3.8) is 0 Å². The number of hydrogen-bond acceptors (Lipinski definition) is 12. The first-order chi connectivity index (χ1) is 41.4. The van der Waals surface area contributed by atoms with Crippen molar-refractivity contribution in [3.8, 4) is 23.0 Å². The molecule has 5 aromatic rings. The molecule has 4 fully saturated rings. The van der Waals surface area contributed by atoms with Crippen LogP contribution in [0.4, 0.5) is 35.1 Å². The van der Waals surface area contributed by atoms with Gasteiger partial charge in [-0.2, -0.15) is 31.6 Å². The maximum Gasteiger partial charge on any atom is 0.416 e. The number of piperidine rings is 2. The van der Waals surface area contributed by atoms with Crippen LogP contribution in [-0.4, -0.2) is 165 Å². The zero-order valence-corrected chi connectivity index (χ0v) is 52.3. The lowest BCUT2D eigenvalue weighted by atomic mass is 9.83. The first-order valence-electron chi connectivity index (χ1n) is 29.8. The van der Waals surface area contributed by atoms with E-state index in [1.54, 1.807) is 55.5 Å². The molecule has 0 radical (unpaired) electrons. The molecule has 0 saturated carbocycles. The molecule has 0 unspecified atom stereocenters. The molecule has 4 saturated heterocycles. The van der Waals surface area contributed by atoms with Crippen LogP contribution in [0.5, 0.6) is 23.0 Å². The minimum Gasteiger partial charge on any atom is -0.497 e. The number of likely N-dealkylation sites (tertiary alicyclic amines) is 4. The Labute approximate surface area is 520 Å². The maximum atomic E-state index is 17.1. The van der Waals surface area contributed by atoms with E-state index in [2.05, 4.69) is 20.6 Å². The third-order valence-corrected chi connectivity index (χ3v) is 17.5. The van der Waals surface area contributed by atoms with Crippen LogP contribution in [0.25, 0.3) is 0 Å². The molecule has 16 nitrogen and oxygen atoms in total. The highest BCUT2D eigenvalue weighted by atomic mass is 35.5. The van der Waals surface area contributed by atoms with Gasteiger partial charge in [0.1, 0.15) is 23.0 Å². The Morgan fingerprint density at radius 3 is 1.34 bits per heavy atom. The molecule has 0 aliphatic carbocycles. The van der Waals surface area contributed by atoms with E-state index >= 15 is 8.78 Å². The van der Waals surface area contributed by atoms with Crippen molar-refractivity contribution in [2.75, 3.05) is 79.8 Å². The van der Waals surface area contributed by atoms with Crippen LogP contribution in [-0.2, 0) is 33.2 Å². The quantitative estimate of drug-likeness (QED) is 0.0627. The Hall–Kier alpha value is -6.79. The minimum absolute atomic E-state index is 0. The van der Waals surface area contributed by atoms with Crippen molar-refractivity contribution in [1.29, 1.82) is 0 Å². The number of carboxylic acid groups (broad SMARTS) is 1. The van der Waals surface area contributed by atoms with E-state index in [-0.39, 0.29) is 112 Å². The summed E-state index contributed by atoms with van der Waals surface area (Å²) in [7, 11) is 3.12. The average Bonchev–Trinajstić information content (AvgIpc) is 1.70. The Morgan fingerprint density at radius 1 is 0.607 bits per heavy atom. The fourth-order valence-corrected chi connectivity index (χ4v) is 12.3. The fraction of sp³-hybridized carbons (Fsp3) is 0.562. The van der Waals surface area contributed by atoms with Crippen molar-refractivity contribution in [3.05, 3.63) is 124 Å². The summed E-state index contributed by atoms with van der Waals surface area (Å²) in [6.07, 6.45) is -6.35. The largest absolute Gasteiger partial charge is 0.497 e. The molecule has 4 aliphatic heterocycles. The van der Waals surface area contributed by atoms with Crippen LogP contribution in [0.1, 0.15) is 149 Å². The molecule has 9 rings (SSSR count). The average molecular weight is 1280 g/mol. The summed E-state index contributed by atoms with van der Waals surface area (Å²) < 4.78 is 137. The van der Waals surface area contributed by atoms with E-state index in [9.17, 15) is 40.7 Å². The molecular weight excluding hydrogens is 1200 g/mol. The summed E-state index contributed by atoms with van der Waals surface area (Å²) in [6, 6.07) is 21.2. The second-order valence-corrected chi connectivity index (χ2v) is 25.2. The number of ether oxygens (including phenoxy) is 4. The number of tetrazole rings is 1. The Bertz CT molecular complexity index is 3150. The molecule has 2 amide bonds. The number of rotatable bonds is 18. The number of nitrogens with zero attached hydrogens (tertiary/aromatic N) is 7. The summed E-state index contributed by atoms with van der Waals surface area (Å²) in [6.45, 7) is 13.9. The Morgan fingerprint density at radius 2 is 1.00 bits per heavy atom. The number of nitrogens with one attached hydrogen (secondary N) is 1. The first kappa shape index (κ1) is 69.7. The molecule has 488 valence electrons. The smallest absolute Gasteiger partial charge is 0.416 e. The van der Waals surface area contributed by atoms with E-state index in [4.69, 9.17) is 24.1 Å². The normalized spacial score (nSPS) is 21.6. The van der Waals surface area contributed by atoms with Gasteiger partial charge in [-0.3, -0.25) is 24.2 Å². The van der Waals surface area contributed by atoms with Gasteiger partial charge in [-0.25, -0.2) is 8.78 Å². The predicted molar refractivity (Wildman–Crippen MR) is 319 cm³/mol. The zero-order valence-electron chi connectivity index (χ0n) is 51.5. The van der Waals surface area contributed by atoms with E-state index in [1.807, 2.05) is 63.5 Å². The number of hydrogen-bond donors (Lipinski definition) is 2. The van der Waals surface area contributed by atoms with Gasteiger partial charge >= 0.3 is 18.3 Å². The molecule has 89 heavy (non-hydrogen) atoms. The van der Waals surface area contributed by atoms with E-state index in [1.165, 1.54) is 17.0 Å².